The second-order valence-electron chi connectivity index (χ2n) is 11.6. The van der Waals surface area contributed by atoms with Gasteiger partial charge in [0.05, 0.1) is 39.2 Å². The van der Waals surface area contributed by atoms with Crippen molar-refractivity contribution in [1.82, 2.24) is 9.55 Å². The molecular formula is C31H25F6N3O5. The minimum Gasteiger partial charge on any atom is -0.478 e. The summed E-state index contributed by atoms with van der Waals surface area (Å²) in [5, 5.41) is 12.5. The lowest BCUT2D eigenvalue weighted by Gasteiger charge is -2.20. The van der Waals surface area contributed by atoms with E-state index in [0.29, 0.717) is 29.7 Å². The third-order valence-electron chi connectivity index (χ3n) is 7.58. The maximum Gasteiger partial charge on any atom is 0.336 e. The third-order valence-corrected chi connectivity index (χ3v) is 7.58. The fourth-order valence-corrected chi connectivity index (χ4v) is 5.20. The van der Waals surface area contributed by atoms with Crippen LogP contribution < -0.4 is 10.9 Å². The normalized spacial score (nSPS) is 14.5. The number of carbonyl (C=O) groups excluding carboxylic acids is 1. The van der Waals surface area contributed by atoms with Crippen molar-refractivity contribution in [3.05, 3.63) is 92.0 Å². The van der Waals surface area contributed by atoms with Crippen molar-refractivity contribution in [2.75, 3.05) is 5.32 Å². The Kier molecular flexibility index (Phi) is 7.88. The molecule has 0 spiro atoms. The van der Waals surface area contributed by atoms with E-state index in [-0.39, 0.29) is 12.1 Å². The average molecular weight is 634 g/mol. The molecule has 0 bridgehead atoms. The molecule has 5 rings (SSSR count). The van der Waals surface area contributed by atoms with E-state index in [4.69, 9.17) is 4.74 Å². The molecule has 2 N–H and O–H groups in total. The maximum absolute atomic E-state index is 15.9. The summed E-state index contributed by atoms with van der Waals surface area (Å²) in [5.41, 5.74) is -4.26. The third kappa shape index (κ3) is 5.38. The monoisotopic (exact) mass is 633 g/mol. The zero-order valence-corrected chi connectivity index (χ0v) is 24.3. The summed E-state index contributed by atoms with van der Waals surface area (Å²) in [4.78, 5) is 41.9. The van der Waals surface area contributed by atoms with E-state index in [9.17, 15) is 41.4 Å². The zero-order valence-electron chi connectivity index (χ0n) is 24.3. The van der Waals surface area contributed by atoms with Gasteiger partial charge in [0.1, 0.15) is 5.82 Å². The Morgan fingerprint density at radius 3 is 2.20 bits per heavy atom. The fourth-order valence-electron chi connectivity index (χ4n) is 5.20. The molecule has 14 heteroatoms. The number of rotatable bonds is 6. The highest BCUT2D eigenvalue weighted by molar-refractivity contribution is 5.97. The van der Waals surface area contributed by atoms with Gasteiger partial charge in [-0.15, -0.1) is 0 Å². The van der Waals surface area contributed by atoms with Gasteiger partial charge >= 0.3 is 11.9 Å². The Labute approximate surface area is 251 Å². The lowest BCUT2D eigenvalue weighted by Crippen LogP contribution is -2.30. The van der Waals surface area contributed by atoms with Crippen molar-refractivity contribution in [2.24, 2.45) is 5.41 Å². The number of nitrogens with one attached hydrogen (secondary N) is 1. The van der Waals surface area contributed by atoms with Crippen LogP contribution in [0.4, 0.5) is 32.0 Å². The fraction of sp³-hybridized carbons (Fsp3) is 0.290. The molecular weight excluding hydrogens is 608 g/mol. The summed E-state index contributed by atoms with van der Waals surface area (Å²) >= 11 is 0. The maximum atomic E-state index is 15.9. The van der Waals surface area contributed by atoms with Crippen molar-refractivity contribution in [3.63, 3.8) is 0 Å². The van der Waals surface area contributed by atoms with E-state index in [0.717, 1.165) is 17.7 Å². The average Bonchev–Trinajstić information content (AvgIpc) is 3.36. The highest BCUT2D eigenvalue weighted by Crippen LogP contribution is 2.41. The summed E-state index contributed by atoms with van der Waals surface area (Å²) in [7, 11) is 0. The molecule has 0 radical (unpaired) electrons. The molecule has 1 aliphatic rings. The second kappa shape index (κ2) is 11.2. The van der Waals surface area contributed by atoms with Crippen LogP contribution in [0.5, 0.6) is 0 Å². The van der Waals surface area contributed by atoms with Crippen LogP contribution in [0.3, 0.4) is 0 Å². The molecule has 1 atom stereocenters. The molecule has 4 aromatic rings. The molecule has 0 aliphatic heterocycles. The van der Waals surface area contributed by atoms with Gasteiger partial charge < -0.3 is 15.2 Å². The number of halogens is 6. The number of benzene rings is 3. The Balaban J connectivity index is 1.57. The number of nitrogens with zero attached hydrogens (tertiary/aromatic N) is 2. The number of aromatic carboxylic acids is 1. The van der Waals surface area contributed by atoms with E-state index in [2.05, 4.69) is 10.3 Å². The lowest BCUT2D eigenvalue weighted by molar-refractivity contribution is -0.157. The zero-order chi connectivity index (χ0) is 33.1. The summed E-state index contributed by atoms with van der Waals surface area (Å²) in [5.74, 6) is -15.7. The number of esters is 1. The van der Waals surface area contributed by atoms with Crippen molar-refractivity contribution < 1.29 is 45.8 Å². The molecule has 1 aliphatic carbocycles. The summed E-state index contributed by atoms with van der Waals surface area (Å²) in [6.07, 6.45) is 0.773. The SMILES string of the molecule is Cc1nc2cc3c(cc2c(=O)n1COC(=O)C(C)(C)C)C(Nc1ccc(C(=O)O)c(-c2c(F)c(F)c(F)c(F)c2F)c1F)CC3. The van der Waals surface area contributed by atoms with Crippen LogP contribution in [-0.2, 0) is 22.7 Å². The smallest absolute Gasteiger partial charge is 0.336 e. The minimum atomic E-state index is -2.48. The number of carbonyl (C=O) groups is 2. The van der Waals surface area contributed by atoms with E-state index >= 15 is 4.39 Å². The van der Waals surface area contributed by atoms with Crippen LogP contribution in [0.15, 0.2) is 29.1 Å². The Bertz CT molecular complexity index is 1960. The molecule has 236 valence electrons. The van der Waals surface area contributed by atoms with Gasteiger partial charge in [-0.25, -0.2) is 36.1 Å². The van der Waals surface area contributed by atoms with Crippen molar-refractivity contribution >= 4 is 28.5 Å². The molecule has 8 nitrogen and oxygen atoms in total. The van der Waals surface area contributed by atoms with Crippen molar-refractivity contribution in [1.29, 1.82) is 0 Å². The van der Waals surface area contributed by atoms with Gasteiger partial charge in [0, 0.05) is 5.56 Å². The van der Waals surface area contributed by atoms with Crippen molar-refractivity contribution in [2.45, 2.75) is 53.3 Å². The van der Waals surface area contributed by atoms with Gasteiger partial charge in [0.15, 0.2) is 35.8 Å². The Morgan fingerprint density at radius 1 is 0.978 bits per heavy atom. The molecule has 0 saturated carbocycles. The van der Waals surface area contributed by atoms with Gasteiger partial charge in [0.25, 0.3) is 5.56 Å². The highest BCUT2D eigenvalue weighted by Gasteiger charge is 2.33. The molecule has 1 aromatic heterocycles. The number of carboxylic acids is 1. The molecule has 0 saturated heterocycles. The molecule has 45 heavy (non-hydrogen) atoms. The van der Waals surface area contributed by atoms with E-state index in [1.165, 1.54) is 10.6 Å². The predicted octanol–water partition coefficient (Wildman–Crippen LogP) is 6.55. The number of fused-ring (bicyclic) bond motifs is 2. The lowest BCUT2D eigenvalue weighted by atomic mass is 9.96. The number of aryl methyl sites for hydroxylation is 2. The summed E-state index contributed by atoms with van der Waals surface area (Å²) in [6, 6.07) is 4.24. The Hall–Kier alpha value is -4.88. The molecule has 3 aromatic carbocycles. The molecule has 1 unspecified atom stereocenters. The van der Waals surface area contributed by atoms with E-state index in [1.807, 2.05) is 0 Å². The van der Waals surface area contributed by atoms with Gasteiger partial charge in [-0.3, -0.25) is 14.2 Å². The van der Waals surface area contributed by atoms with Gasteiger partial charge in [0.2, 0.25) is 5.82 Å². The minimum absolute atomic E-state index is 0.156. The van der Waals surface area contributed by atoms with Crippen LogP contribution in [0, 0.1) is 47.2 Å². The molecule has 0 fully saturated rings. The summed E-state index contributed by atoms with van der Waals surface area (Å²) in [6.45, 7) is 6.16. The standard InChI is InChI=1S/C31H25F6N3O5/c1-12-38-19-9-13-5-7-17(15(13)10-16(19)28(41)40(12)11-45-30(44)31(2,3)4)39-18-8-6-14(29(42)43)20(22(18)32)21-23(33)25(35)27(37)26(36)24(21)34/h6,8-10,17,39H,5,7,11H2,1-4H3,(H,42,43). The van der Waals surface area contributed by atoms with Crippen LogP contribution in [-0.4, -0.2) is 26.6 Å². The topological polar surface area (TPSA) is 111 Å². The van der Waals surface area contributed by atoms with E-state index < -0.39 is 86.2 Å². The van der Waals surface area contributed by atoms with Gasteiger partial charge in [-0.05, 0) is 75.9 Å². The largest absolute Gasteiger partial charge is 0.478 e. The van der Waals surface area contributed by atoms with E-state index in [1.54, 1.807) is 33.8 Å². The number of anilines is 1. The predicted molar refractivity (Wildman–Crippen MR) is 150 cm³/mol. The Morgan fingerprint density at radius 2 is 1.60 bits per heavy atom. The number of aromatic nitrogens is 2. The van der Waals surface area contributed by atoms with Crippen LogP contribution in [0.1, 0.15) is 60.5 Å². The van der Waals surface area contributed by atoms with Crippen LogP contribution >= 0.6 is 0 Å². The quantitative estimate of drug-likeness (QED) is 0.107. The first-order valence-corrected chi connectivity index (χ1v) is 13.6. The van der Waals surface area contributed by atoms with Crippen LogP contribution in [0.2, 0.25) is 0 Å². The first-order chi connectivity index (χ1) is 21.0. The number of hydrogen-bond acceptors (Lipinski definition) is 6. The van der Waals surface area contributed by atoms with Crippen LogP contribution in [0.25, 0.3) is 22.0 Å². The van der Waals surface area contributed by atoms with Gasteiger partial charge in [-0.1, -0.05) is 0 Å². The number of hydrogen-bond donors (Lipinski definition) is 2. The summed E-state index contributed by atoms with van der Waals surface area (Å²) < 4.78 is 93.4. The van der Waals surface area contributed by atoms with Crippen molar-refractivity contribution in [3.8, 4) is 11.1 Å². The molecule has 0 amide bonds. The molecule has 1 heterocycles. The first-order valence-electron chi connectivity index (χ1n) is 13.6. The second-order valence-corrected chi connectivity index (χ2v) is 11.6. The number of ether oxygens (including phenoxy) is 1. The first kappa shape index (κ1) is 31.5. The number of carboxylic acid groups (broad SMARTS) is 1. The van der Waals surface area contributed by atoms with Gasteiger partial charge in [-0.2, -0.15) is 0 Å². The highest BCUT2D eigenvalue weighted by atomic mass is 19.2.